The van der Waals surface area contributed by atoms with Crippen molar-refractivity contribution in [1.82, 2.24) is 0 Å². The molecule has 0 heterocycles. The average molecular weight is 229 g/mol. The van der Waals surface area contributed by atoms with Crippen molar-refractivity contribution in [1.29, 1.82) is 0 Å². The summed E-state index contributed by atoms with van der Waals surface area (Å²) in [5, 5.41) is 9.95. The molecule has 0 aliphatic rings. The maximum atomic E-state index is 9.95. The van der Waals surface area contributed by atoms with E-state index in [9.17, 15) is 9.90 Å². The molecule has 0 saturated heterocycles. The van der Waals surface area contributed by atoms with Crippen LogP contribution in [0.15, 0.2) is 54.6 Å². The van der Waals surface area contributed by atoms with Gasteiger partial charge in [-0.2, -0.15) is 30.3 Å². The van der Waals surface area contributed by atoms with Gasteiger partial charge in [0.05, 0.1) is 0 Å². The van der Waals surface area contributed by atoms with Crippen LogP contribution in [0.1, 0.15) is 10.4 Å². The summed E-state index contributed by atoms with van der Waals surface area (Å²) < 4.78 is 0. The second kappa shape index (κ2) is 7.13. The molecule has 2 nitrogen and oxygen atoms in total. The first-order valence-corrected chi connectivity index (χ1v) is 3.90. The predicted octanol–water partition coefficient (Wildman–Crippen LogP) is 1.17. The molecule has 0 unspecified atom stereocenters. The van der Waals surface area contributed by atoms with Crippen LogP contribution in [-0.4, -0.2) is 5.97 Å². The fourth-order valence-corrected chi connectivity index (χ4v) is 0.831. The van der Waals surface area contributed by atoms with Crippen molar-refractivity contribution in [2.45, 2.75) is 0 Å². The summed E-state index contributed by atoms with van der Waals surface area (Å²) >= 11 is 0. The summed E-state index contributed by atoms with van der Waals surface area (Å²) in [7, 11) is 0. The van der Waals surface area contributed by atoms with E-state index in [1.54, 1.807) is 12.1 Å². The number of hydrogen-bond acceptors (Lipinski definition) is 2. The van der Waals surface area contributed by atoms with Gasteiger partial charge < -0.3 is 9.90 Å². The molecule has 0 bridgehead atoms. The first-order chi connectivity index (χ1) is 6.30. The summed E-state index contributed by atoms with van der Waals surface area (Å²) in [6.07, 6.45) is 0. The Morgan fingerprint density at radius 2 is 1.57 bits per heavy atom. The van der Waals surface area contributed by atoms with Crippen LogP contribution in [0.5, 0.6) is 0 Å². The largest absolute Gasteiger partial charge is 0.559 e. The number of carbonyl (C=O) groups is 1. The molecule has 0 atom stereocenters. The van der Waals surface area contributed by atoms with E-state index in [0.717, 1.165) is 0 Å². The molecule has 2 rings (SSSR count). The van der Waals surface area contributed by atoms with E-state index in [1.165, 1.54) is 12.1 Å². The predicted molar refractivity (Wildman–Crippen MR) is 48.4 cm³/mol. The van der Waals surface area contributed by atoms with Gasteiger partial charge in [-0.05, 0) is 0 Å². The van der Waals surface area contributed by atoms with Crippen LogP contribution in [-0.2, 0) is 17.1 Å². The zero-order valence-electron chi connectivity index (χ0n) is 7.37. The van der Waals surface area contributed by atoms with Gasteiger partial charge in [0.2, 0.25) is 0 Å². The van der Waals surface area contributed by atoms with Gasteiger partial charge in [0.1, 0.15) is 0 Å². The Morgan fingerprint density at radius 1 is 1.07 bits per heavy atom. The van der Waals surface area contributed by atoms with Crippen molar-refractivity contribution in [2.24, 2.45) is 0 Å². The molecule has 0 aliphatic heterocycles. The summed E-state index contributed by atoms with van der Waals surface area (Å²) in [5.41, 5.74) is 0.241. The fourth-order valence-electron chi connectivity index (χ4n) is 0.831. The molecule has 0 amide bonds. The third-order valence-electron chi connectivity index (χ3n) is 1.45. The molecule has 3 heteroatoms. The van der Waals surface area contributed by atoms with Gasteiger partial charge in [-0.25, -0.2) is 24.3 Å². The molecule has 0 aromatic heterocycles. The fraction of sp³-hybridized carbons (Fsp3) is 0. The number of rotatable bonds is 1. The SMILES string of the molecule is O=C([O-])[c-]1cccc1.[Fe].c1cc[cH-]c1. The Hall–Kier alpha value is -1.31. The molecule has 2 aromatic rings. The third-order valence-corrected chi connectivity index (χ3v) is 1.45. The topological polar surface area (TPSA) is 40.1 Å². The Labute approximate surface area is 93.4 Å². The summed E-state index contributed by atoms with van der Waals surface area (Å²) in [6.45, 7) is 0. The van der Waals surface area contributed by atoms with Gasteiger partial charge in [0, 0.05) is 23.0 Å². The smallest absolute Gasteiger partial charge is 0.0154 e. The van der Waals surface area contributed by atoms with Crippen LogP contribution in [0.3, 0.4) is 0 Å². The van der Waals surface area contributed by atoms with Crippen LogP contribution in [0.2, 0.25) is 0 Å². The Kier molecular flexibility index (Phi) is 6.46. The minimum atomic E-state index is -1.12. The average Bonchev–Trinajstić information content (AvgIpc) is 2.82. The normalized spacial score (nSPS) is 8.00. The van der Waals surface area contributed by atoms with E-state index in [2.05, 4.69) is 0 Å². The molecule has 0 N–H and O–H groups in total. The molecule has 0 radical (unpaired) electrons. The minimum Gasteiger partial charge on any atom is -0.559 e. The molecule has 76 valence electrons. The van der Waals surface area contributed by atoms with E-state index in [-0.39, 0.29) is 22.6 Å². The maximum absolute atomic E-state index is 9.95. The second-order valence-electron chi connectivity index (χ2n) is 2.42. The summed E-state index contributed by atoms with van der Waals surface area (Å²) in [5.74, 6) is -1.12. The van der Waals surface area contributed by atoms with Gasteiger partial charge in [-0.15, -0.1) is 5.56 Å². The van der Waals surface area contributed by atoms with Crippen molar-refractivity contribution in [2.75, 3.05) is 0 Å². The summed E-state index contributed by atoms with van der Waals surface area (Å²) in [6, 6.07) is 16.3. The maximum Gasteiger partial charge on any atom is 0.0154 e. The van der Waals surface area contributed by atoms with Crippen LogP contribution in [0.25, 0.3) is 0 Å². The molecule has 0 spiro atoms. The Balaban J connectivity index is 0.000000246. The van der Waals surface area contributed by atoms with Crippen LogP contribution < -0.4 is 5.11 Å². The van der Waals surface area contributed by atoms with Crippen molar-refractivity contribution in [3.8, 4) is 0 Å². The minimum absolute atomic E-state index is 0. The van der Waals surface area contributed by atoms with Crippen LogP contribution >= 0.6 is 0 Å². The second-order valence-corrected chi connectivity index (χ2v) is 2.42. The van der Waals surface area contributed by atoms with Gasteiger partial charge >= 0.3 is 0 Å². The van der Waals surface area contributed by atoms with Crippen molar-refractivity contribution in [3.63, 3.8) is 0 Å². The molecule has 0 fully saturated rings. The van der Waals surface area contributed by atoms with Gasteiger partial charge in [-0.1, -0.05) is 0 Å². The number of carboxylic acids is 1. The molecular formula is C11H9FeO2-3. The van der Waals surface area contributed by atoms with Crippen molar-refractivity contribution >= 4 is 5.97 Å². The zero-order valence-corrected chi connectivity index (χ0v) is 8.47. The van der Waals surface area contributed by atoms with E-state index in [1.807, 2.05) is 30.3 Å². The first kappa shape index (κ1) is 12.7. The summed E-state index contributed by atoms with van der Waals surface area (Å²) in [4.78, 5) is 9.95. The Morgan fingerprint density at radius 3 is 1.79 bits per heavy atom. The van der Waals surface area contributed by atoms with Gasteiger partial charge in [0.25, 0.3) is 0 Å². The molecular weight excluding hydrogens is 220 g/mol. The molecule has 14 heavy (non-hydrogen) atoms. The molecule has 2 aromatic carbocycles. The Bertz CT molecular complexity index is 305. The number of carbonyl (C=O) groups excluding carboxylic acids is 1. The monoisotopic (exact) mass is 229 g/mol. The van der Waals surface area contributed by atoms with E-state index < -0.39 is 5.97 Å². The van der Waals surface area contributed by atoms with Crippen LogP contribution in [0, 0.1) is 0 Å². The van der Waals surface area contributed by atoms with E-state index >= 15 is 0 Å². The zero-order chi connectivity index (χ0) is 9.52. The number of aromatic carboxylic acids is 1. The van der Waals surface area contributed by atoms with E-state index in [4.69, 9.17) is 0 Å². The number of hydrogen-bond donors (Lipinski definition) is 0. The quantitative estimate of drug-likeness (QED) is 0.544. The third kappa shape index (κ3) is 4.65. The first-order valence-electron chi connectivity index (χ1n) is 3.90. The van der Waals surface area contributed by atoms with Crippen LogP contribution in [0.4, 0.5) is 0 Å². The standard InChI is InChI=1S/C6H5O2.C5H5.Fe/c7-6(8)5-3-1-2-4-5;1-2-4-5-3-1;/h1-4H,(H,7,8);1-5H;/q2*-1;/p-1. The van der Waals surface area contributed by atoms with Crippen molar-refractivity contribution in [3.05, 3.63) is 60.2 Å². The van der Waals surface area contributed by atoms with Gasteiger partial charge in [0.15, 0.2) is 0 Å². The number of carboxylic acid groups (broad SMARTS) is 1. The molecule has 0 saturated carbocycles. The van der Waals surface area contributed by atoms with E-state index in [0.29, 0.717) is 0 Å². The van der Waals surface area contributed by atoms with Gasteiger partial charge in [-0.3, -0.25) is 0 Å². The molecule has 0 aliphatic carbocycles. The van der Waals surface area contributed by atoms with Crippen molar-refractivity contribution < 1.29 is 27.0 Å².